The number of rotatable bonds is 5. The minimum atomic E-state index is -0.449. The van der Waals surface area contributed by atoms with Crippen LogP contribution in [0.25, 0.3) is 0 Å². The number of methoxy groups -OCH3 is 1. The van der Waals surface area contributed by atoms with E-state index in [1.807, 2.05) is 19.1 Å². The molecular formula is C21H22N2O4. The first-order chi connectivity index (χ1) is 12.9. The molecule has 0 bridgehead atoms. The number of nitrogens with one attached hydrogen (secondary N) is 1. The van der Waals surface area contributed by atoms with E-state index in [0.29, 0.717) is 29.2 Å². The third-order valence-corrected chi connectivity index (χ3v) is 4.69. The smallest absolute Gasteiger partial charge is 0.229 e. The molecule has 27 heavy (non-hydrogen) atoms. The van der Waals surface area contributed by atoms with Crippen LogP contribution in [0.5, 0.6) is 5.75 Å². The van der Waals surface area contributed by atoms with Gasteiger partial charge in [0.1, 0.15) is 5.75 Å². The van der Waals surface area contributed by atoms with E-state index in [9.17, 15) is 14.4 Å². The Morgan fingerprint density at radius 1 is 1.15 bits per heavy atom. The summed E-state index contributed by atoms with van der Waals surface area (Å²) in [6.07, 6.45) is 0.147. The van der Waals surface area contributed by atoms with Crippen molar-refractivity contribution in [2.75, 3.05) is 23.9 Å². The Morgan fingerprint density at radius 3 is 2.48 bits per heavy atom. The Kier molecular flexibility index (Phi) is 5.26. The van der Waals surface area contributed by atoms with Gasteiger partial charge in [0.2, 0.25) is 11.8 Å². The van der Waals surface area contributed by atoms with Gasteiger partial charge in [0.05, 0.1) is 18.7 Å². The maximum atomic E-state index is 12.7. The maximum absolute atomic E-state index is 12.7. The minimum Gasteiger partial charge on any atom is -0.495 e. The van der Waals surface area contributed by atoms with Gasteiger partial charge in [-0.2, -0.15) is 0 Å². The molecule has 6 nitrogen and oxygen atoms in total. The van der Waals surface area contributed by atoms with E-state index in [1.165, 1.54) is 6.92 Å². The van der Waals surface area contributed by atoms with Crippen molar-refractivity contribution < 1.29 is 19.1 Å². The molecule has 2 aromatic rings. The Hall–Kier alpha value is -3.15. The first-order valence-electron chi connectivity index (χ1n) is 8.76. The Bertz CT molecular complexity index is 890. The van der Waals surface area contributed by atoms with Crippen molar-refractivity contribution in [2.45, 2.75) is 20.3 Å². The maximum Gasteiger partial charge on any atom is 0.229 e. The van der Waals surface area contributed by atoms with E-state index in [-0.39, 0.29) is 24.0 Å². The number of nitrogens with zero attached hydrogens (tertiary/aromatic N) is 1. The molecule has 1 N–H and O–H groups in total. The fourth-order valence-electron chi connectivity index (χ4n) is 3.16. The van der Waals surface area contributed by atoms with Crippen molar-refractivity contribution in [3.8, 4) is 5.75 Å². The molecule has 1 aliphatic heterocycles. The minimum absolute atomic E-state index is 0.0290. The van der Waals surface area contributed by atoms with Crippen molar-refractivity contribution in [3.63, 3.8) is 0 Å². The summed E-state index contributed by atoms with van der Waals surface area (Å²) in [6, 6.07) is 12.4. The van der Waals surface area contributed by atoms with Gasteiger partial charge in [-0.05, 0) is 55.8 Å². The number of ketones is 1. The second-order valence-corrected chi connectivity index (χ2v) is 6.70. The molecule has 3 rings (SSSR count). The Labute approximate surface area is 158 Å². The van der Waals surface area contributed by atoms with Crippen LogP contribution in [0.15, 0.2) is 42.5 Å². The fourth-order valence-corrected chi connectivity index (χ4v) is 3.16. The SMILES string of the molecule is COc1ccc(C)cc1NC(=O)C1CC(=O)N(c2ccc(C(C)=O)cc2)C1. The van der Waals surface area contributed by atoms with Crippen molar-refractivity contribution >= 4 is 29.0 Å². The van der Waals surface area contributed by atoms with Crippen LogP contribution in [-0.4, -0.2) is 31.3 Å². The highest BCUT2D eigenvalue weighted by atomic mass is 16.5. The van der Waals surface area contributed by atoms with Crippen LogP contribution in [0.2, 0.25) is 0 Å². The zero-order chi connectivity index (χ0) is 19.6. The Balaban J connectivity index is 1.72. The van der Waals surface area contributed by atoms with E-state index < -0.39 is 5.92 Å². The van der Waals surface area contributed by atoms with Crippen LogP contribution in [-0.2, 0) is 9.59 Å². The van der Waals surface area contributed by atoms with Gasteiger partial charge < -0.3 is 15.0 Å². The fraction of sp³-hybridized carbons (Fsp3) is 0.286. The van der Waals surface area contributed by atoms with Crippen molar-refractivity contribution in [3.05, 3.63) is 53.6 Å². The second-order valence-electron chi connectivity index (χ2n) is 6.70. The van der Waals surface area contributed by atoms with Crippen LogP contribution in [0.4, 0.5) is 11.4 Å². The normalized spacial score (nSPS) is 16.3. The average Bonchev–Trinajstić information content (AvgIpc) is 3.04. The van der Waals surface area contributed by atoms with Gasteiger partial charge in [-0.3, -0.25) is 14.4 Å². The molecule has 0 aromatic heterocycles. The van der Waals surface area contributed by atoms with Gasteiger partial charge in [0.25, 0.3) is 0 Å². The molecule has 1 unspecified atom stereocenters. The van der Waals surface area contributed by atoms with Gasteiger partial charge in [-0.25, -0.2) is 0 Å². The molecule has 1 saturated heterocycles. The molecule has 2 amide bonds. The number of Topliss-reactive ketones (excluding diaryl/α,β-unsaturated/α-hetero) is 1. The highest BCUT2D eigenvalue weighted by molar-refractivity contribution is 6.04. The number of benzene rings is 2. The van der Waals surface area contributed by atoms with Crippen LogP contribution in [0.1, 0.15) is 29.3 Å². The molecule has 1 aliphatic rings. The first kappa shape index (κ1) is 18.6. The summed E-state index contributed by atoms with van der Waals surface area (Å²) in [5, 5.41) is 2.87. The van der Waals surface area contributed by atoms with Crippen LogP contribution in [0.3, 0.4) is 0 Å². The third kappa shape index (κ3) is 4.00. The summed E-state index contributed by atoms with van der Waals surface area (Å²) < 4.78 is 5.29. The number of ether oxygens (including phenoxy) is 1. The number of aryl methyl sites for hydroxylation is 1. The molecule has 0 aliphatic carbocycles. The molecule has 1 heterocycles. The summed E-state index contributed by atoms with van der Waals surface area (Å²) in [5.74, 6) is -0.221. The van der Waals surface area contributed by atoms with E-state index >= 15 is 0 Å². The van der Waals surface area contributed by atoms with E-state index in [0.717, 1.165) is 5.56 Å². The van der Waals surface area contributed by atoms with Crippen molar-refractivity contribution in [1.29, 1.82) is 0 Å². The van der Waals surface area contributed by atoms with Gasteiger partial charge in [0, 0.05) is 24.2 Å². The van der Waals surface area contributed by atoms with Gasteiger partial charge >= 0.3 is 0 Å². The summed E-state index contributed by atoms with van der Waals surface area (Å²) in [6.45, 7) is 3.73. The predicted octanol–water partition coefficient (Wildman–Crippen LogP) is 3.20. The molecular weight excluding hydrogens is 344 g/mol. The van der Waals surface area contributed by atoms with Crippen molar-refractivity contribution in [1.82, 2.24) is 0 Å². The highest BCUT2D eigenvalue weighted by Crippen LogP contribution is 2.29. The molecule has 0 spiro atoms. The van der Waals surface area contributed by atoms with Gasteiger partial charge in [-0.15, -0.1) is 0 Å². The Morgan fingerprint density at radius 2 is 1.85 bits per heavy atom. The summed E-state index contributed by atoms with van der Waals surface area (Å²) >= 11 is 0. The largest absolute Gasteiger partial charge is 0.495 e. The van der Waals surface area contributed by atoms with Gasteiger partial charge in [-0.1, -0.05) is 6.07 Å². The number of hydrogen-bond acceptors (Lipinski definition) is 4. The van der Waals surface area contributed by atoms with E-state index in [1.54, 1.807) is 42.3 Å². The van der Waals surface area contributed by atoms with Crippen LogP contribution in [0, 0.1) is 12.8 Å². The number of carbonyl (C=O) groups is 3. The monoisotopic (exact) mass is 366 g/mol. The number of carbonyl (C=O) groups excluding carboxylic acids is 3. The highest BCUT2D eigenvalue weighted by Gasteiger charge is 2.35. The number of anilines is 2. The first-order valence-corrected chi connectivity index (χ1v) is 8.76. The lowest BCUT2D eigenvalue weighted by molar-refractivity contribution is -0.122. The number of amides is 2. The van der Waals surface area contributed by atoms with Crippen LogP contribution < -0.4 is 15.0 Å². The number of hydrogen-bond donors (Lipinski definition) is 1. The lowest BCUT2D eigenvalue weighted by Gasteiger charge is -2.17. The molecule has 140 valence electrons. The summed E-state index contributed by atoms with van der Waals surface area (Å²) in [5.41, 5.74) is 2.87. The lowest BCUT2D eigenvalue weighted by Crippen LogP contribution is -2.28. The zero-order valence-electron chi connectivity index (χ0n) is 15.6. The molecule has 0 saturated carbocycles. The van der Waals surface area contributed by atoms with E-state index in [2.05, 4.69) is 5.32 Å². The molecule has 0 radical (unpaired) electrons. The second kappa shape index (κ2) is 7.61. The average molecular weight is 366 g/mol. The summed E-state index contributed by atoms with van der Waals surface area (Å²) in [4.78, 5) is 38.0. The topological polar surface area (TPSA) is 75.7 Å². The van der Waals surface area contributed by atoms with E-state index in [4.69, 9.17) is 4.74 Å². The molecule has 6 heteroatoms. The zero-order valence-corrected chi connectivity index (χ0v) is 15.6. The quantitative estimate of drug-likeness (QED) is 0.825. The molecule has 1 atom stereocenters. The molecule has 1 fully saturated rings. The third-order valence-electron chi connectivity index (χ3n) is 4.69. The lowest BCUT2D eigenvalue weighted by atomic mass is 10.1. The van der Waals surface area contributed by atoms with Gasteiger partial charge in [0.15, 0.2) is 5.78 Å². The van der Waals surface area contributed by atoms with Crippen molar-refractivity contribution in [2.24, 2.45) is 5.92 Å². The predicted molar refractivity (Wildman–Crippen MR) is 103 cm³/mol. The van der Waals surface area contributed by atoms with Crippen LogP contribution >= 0.6 is 0 Å². The standard InChI is InChI=1S/C21H22N2O4/c1-13-4-9-19(27-3)18(10-13)22-21(26)16-11-20(25)23(12-16)17-7-5-15(6-8-17)14(2)24/h4-10,16H,11-12H2,1-3H3,(H,22,26). The molecule has 2 aromatic carbocycles. The summed E-state index contributed by atoms with van der Waals surface area (Å²) in [7, 11) is 1.55.